The van der Waals surface area contributed by atoms with Gasteiger partial charge in [-0.05, 0) is 42.7 Å². The largest absolute Gasteiger partial charge is 0.497 e. The van der Waals surface area contributed by atoms with Gasteiger partial charge >= 0.3 is 0 Å². The highest BCUT2D eigenvalue weighted by molar-refractivity contribution is 6.01. The standard InChI is InChI=1S/C23H27N3O3/c1-28-20-10-4-6-17(12-20)15-26(23(27)18-7-2-3-8-18)16-21-13-22(25-29-21)19-9-5-11-24-14-19/h4-6,9-12,14,18,21H,2-3,7-8,13,15-16H2,1H3/t21-/m1/s1. The Bertz CT molecular complexity index is 863. The van der Waals surface area contributed by atoms with E-state index in [-0.39, 0.29) is 17.9 Å². The average Bonchev–Trinajstić information content (AvgIpc) is 3.46. The number of nitrogens with zero attached hydrogens (tertiary/aromatic N) is 3. The molecule has 152 valence electrons. The second kappa shape index (κ2) is 9.07. The summed E-state index contributed by atoms with van der Waals surface area (Å²) in [5.41, 5.74) is 2.91. The maximum Gasteiger partial charge on any atom is 0.226 e. The predicted octanol–water partition coefficient (Wildman–Crippen LogP) is 3.80. The lowest BCUT2D eigenvalue weighted by atomic mass is 10.0. The molecule has 1 aromatic carbocycles. The van der Waals surface area contributed by atoms with Crippen molar-refractivity contribution in [3.8, 4) is 5.75 Å². The van der Waals surface area contributed by atoms with Crippen LogP contribution in [0, 0.1) is 5.92 Å². The molecule has 6 nitrogen and oxygen atoms in total. The van der Waals surface area contributed by atoms with E-state index in [1.165, 1.54) is 0 Å². The van der Waals surface area contributed by atoms with E-state index in [0.29, 0.717) is 19.5 Å². The van der Waals surface area contributed by atoms with E-state index in [0.717, 1.165) is 48.3 Å². The Morgan fingerprint density at radius 2 is 2.10 bits per heavy atom. The molecule has 1 saturated carbocycles. The van der Waals surface area contributed by atoms with Crippen LogP contribution in [0.15, 0.2) is 53.9 Å². The van der Waals surface area contributed by atoms with Crippen molar-refractivity contribution >= 4 is 11.6 Å². The number of benzene rings is 1. The van der Waals surface area contributed by atoms with Crippen LogP contribution in [0.25, 0.3) is 0 Å². The Morgan fingerprint density at radius 1 is 1.24 bits per heavy atom. The van der Waals surface area contributed by atoms with Gasteiger partial charge in [-0.3, -0.25) is 9.78 Å². The van der Waals surface area contributed by atoms with Crippen LogP contribution < -0.4 is 4.74 Å². The minimum atomic E-state index is -0.138. The number of hydrogen-bond acceptors (Lipinski definition) is 5. The van der Waals surface area contributed by atoms with E-state index in [1.54, 1.807) is 19.5 Å². The van der Waals surface area contributed by atoms with Crippen molar-refractivity contribution in [3.05, 3.63) is 59.9 Å². The minimum absolute atomic E-state index is 0.126. The van der Waals surface area contributed by atoms with Crippen LogP contribution in [0.4, 0.5) is 0 Å². The van der Waals surface area contributed by atoms with Crippen molar-refractivity contribution in [1.82, 2.24) is 9.88 Å². The molecular formula is C23H27N3O3. The summed E-state index contributed by atoms with van der Waals surface area (Å²) < 4.78 is 5.34. The summed E-state index contributed by atoms with van der Waals surface area (Å²) in [5, 5.41) is 4.25. The van der Waals surface area contributed by atoms with Crippen LogP contribution >= 0.6 is 0 Å². The maximum absolute atomic E-state index is 13.2. The van der Waals surface area contributed by atoms with Gasteiger partial charge in [-0.2, -0.15) is 0 Å². The fourth-order valence-corrected chi connectivity index (χ4v) is 4.13. The molecule has 0 saturated heterocycles. The summed E-state index contributed by atoms with van der Waals surface area (Å²) in [6.45, 7) is 1.08. The van der Waals surface area contributed by atoms with E-state index in [2.05, 4.69) is 10.1 Å². The van der Waals surface area contributed by atoms with Crippen molar-refractivity contribution in [2.24, 2.45) is 11.1 Å². The van der Waals surface area contributed by atoms with Crippen molar-refractivity contribution < 1.29 is 14.4 Å². The lowest BCUT2D eigenvalue weighted by Gasteiger charge is -2.27. The summed E-state index contributed by atoms with van der Waals surface area (Å²) in [6, 6.07) is 11.8. The molecule has 6 heteroatoms. The van der Waals surface area contributed by atoms with Crippen molar-refractivity contribution in [3.63, 3.8) is 0 Å². The molecule has 1 atom stereocenters. The number of ether oxygens (including phenoxy) is 1. The minimum Gasteiger partial charge on any atom is -0.497 e. The van der Waals surface area contributed by atoms with Gasteiger partial charge < -0.3 is 14.5 Å². The van der Waals surface area contributed by atoms with Gasteiger partial charge in [-0.1, -0.05) is 30.1 Å². The monoisotopic (exact) mass is 393 g/mol. The highest BCUT2D eigenvalue weighted by atomic mass is 16.6. The summed E-state index contributed by atoms with van der Waals surface area (Å²) in [6.07, 6.45) is 8.32. The molecule has 1 aromatic heterocycles. The molecule has 29 heavy (non-hydrogen) atoms. The molecular weight excluding hydrogens is 366 g/mol. The number of carbonyl (C=O) groups excluding carboxylic acids is 1. The normalized spacial score (nSPS) is 18.9. The summed E-state index contributed by atoms with van der Waals surface area (Å²) >= 11 is 0. The van der Waals surface area contributed by atoms with Gasteiger partial charge in [0.1, 0.15) is 5.75 Å². The van der Waals surface area contributed by atoms with Gasteiger partial charge in [0.25, 0.3) is 0 Å². The lowest BCUT2D eigenvalue weighted by Crippen LogP contribution is -2.40. The number of amides is 1. The van der Waals surface area contributed by atoms with E-state index in [1.807, 2.05) is 41.3 Å². The molecule has 1 aliphatic carbocycles. The molecule has 0 radical (unpaired) electrons. The highest BCUT2D eigenvalue weighted by Gasteiger charge is 2.31. The van der Waals surface area contributed by atoms with Gasteiger partial charge in [-0.15, -0.1) is 0 Å². The van der Waals surface area contributed by atoms with Gasteiger partial charge in [0.15, 0.2) is 6.10 Å². The molecule has 1 amide bonds. The molecule has 2 aliphatic rings. The first-order valence-electron chi connectivity index (χ1n) is 10.3. The topological polar surface area (TPSA) is 64.0 Å². The first-order valence-corrected chi connectivity index (χ1v) is 10.3. The molecule has 2 aromatic rings. The lowest BCUT2D eigenvalue weighted by molar-refractivity contribution is -0.137. The van der Waals surface area contributed by atoms with Crippen LogP contribution in [0.3, 0.4) is 0 Å². The molecule has 1 fully saturated rings. The van der Waals surface area contributed by atoms with Crippen molar-refractivity contribution in [1.29, 1.82) is 0 Å². The van der Waals surface area contributed by atoms with Crippen molar-refractivity contribution in [2.75, 3.05) is 13.7 Å². The van der Waals surface area contributed by atoms with Crippen LogP contribution in [0.2, 0.25) is 0 Å². The first kappa shape index (κ1) is 19.4. The Morgan fingerprint density at radius 3 is 2.86 bits per heavy atom. The summed E-state index contributed by atoms with van der Waals surface area (Å²) in [4.78, 5) is 25.0. The molecule has 2 heterocycles. The number of rotatable bonds is 7. The average molecular weight is 393 g/mol. The van der Waals surface area contributed by atoms with Crippen LogP contribution in [0.1, 0.15) is 43.2 Å². The van der Waals surface area contributed by atoms with E-state index < -0.39 is 0 Å². The molecule has 1 aliphatic heterocycles. The van der Waals surface area contributed by atoms with Crippen molar-refractivity contribution in [2.45, 2.75) is 44.8 Å². The smallest absolute Gasteiger partial charge is 0.226 e. The van der Waals surface area contributed by atoms with Crippen LogP contribution in [-0.4, -0.2) is 41.3 Å². The zero-order chi connectivity index (χ0) is 20.1. The molecule has 0 N–H and O–H groups in total. The van der Waals surface area contributed by atoms with Gasteiger partial charge in [0, 0.05) is 36.8 Å². The Labute approximate surface area is 171 Å². The van der Waals surface area contributed by atoms with E-state index >= 15 is 0 Å². The van der Waals surface area contributed by atoms with Crippen LogP contribution in [-0.2, 0) is 16.2 Å². The SMILES string of the molecule is COc1cccc(CN(C[C@H]2CC(c3cccnc3)=NO2)C(=O)C2CCCC2)c1. The second-order valence-corrected chi connectivity index (χ2v) is 7.76. The second-order valence-electron chi connectivity index (χ2n) is 7.76. The summed E-state index contributed by atoms with van der Waals surface area (Å²) in [7, 11) is 1.66. The fraction of sp³-hybridized carbons (Fsp3) is 0.435. The summed E-state index contributed by atoms with van der Waals surface area (Å²) in [5.74, 6) is 1.15. The first-order chi connectivity index (χ1) is 14.2. The Kier molecular flexibility index (Phi) is 6.08. The van der Waals surface area contributed by atoms with Crippen LogP contribution in [0.5, 0.6) is 5.75 Å². The third kappa shape index (κ3) is 4.75. The zero-order valence-corrected chi connectivity index (χ0v) is 16.8. The molecule has 0 unspecified atom stereocenters. The van der Waals surface area contributed by atoms with E-state index in [9.17, 15) is 4.79 Å². The number of oxime groups is 1. The number of methoxy groups -OCH3 is 1. The molecule has 0 bridgehead atoms. The van der Waals surface area contributed by atoms with Gasteiger partial charge in [-0.25, -0.2) is 0 Å². The fourth-order valence-electron chi connectivity index (χ4n) is 4.13. The zero-order valence-electron chi connectivity index (χ0n) is 16.8. The quantitative estimate of drug-likeness (QED) is 0.718. The number of aromatic nitrogens is 1. The van der Waals surface area contributed by atoms with E-state index in [4.69, 9.17) is 9.57 Å². The molecule has 4 rings (SSSR count). The van der Waals surface area contributed by atoms with Gasteiger partial charge in [0.05, 0.1) is 19.4 Å². The number of hydrogen-bond donors (Lipinski definition) is 0. The predicted molar refractivity (Wildman–Crippen MR) is 111 cm³/mol. The maximum atomic E-state index is 13.2. The number of pyridine rings is 1. The third-order valence-corrected chi connectivity index (χ3v) is 5.68. The van der Waals surface area contributed by atoms with Gasteiger partial charge in [0.2, 0.25) is 5.91 Å². The molecule has 0 spiro atoms. The number of carbonyl (C=O) groups is 1. The Hall–Kier alpha value is -2.89. The highest BCUT2D eigenvalue weighted by Crippen LogP contribution is 2.28. The third-order valence-electron chi connectivity index (χ3n) is 5.68. The Balaban J connectivity index is 1.46.